The van der Waals surface area contributed by atoms with Crippen molar-refractivity contribution in [1.29, 1.82) is 0 Å². The molecule has 0 aliphatic heterocycles. The van der Waals surface area contributed by atoms with Crippen molar-refractivity contribution >= 4 is 5.82 Å². The molecule has 0 amide bonds. The van der Waals surface area contributed by atoms with E-state index in [1.165, 1.54) is 6.07 Å². The summed E-state index contributed by atoms with van der Waals surface area (Å²) < 4.78 is 10.5. The van der Waals surface area contributed by atoms with Crippen LogP contribution in [0.3, 0.4) is 0 Å². The average Bonchev–Trinajstić information content (AvgIpc) is 2.38. The van der Waals surface area contributed by atoms with Gasteiger partial charge in [-0.15, -0.1) is 0 Å². The Kier molecular flexibility index (Phi) is 4.27. The quantitative estimate of drug-likeness (QED) is 0.847. The molecule has 0 fully saturated rings. The Hall–Kier alpha value is -2.18. The summed E-state index contributed by atoms with van der Waals surface area (Å²) >= 11 is 0. The van der Waals surface area contributed by atoms with Crippen LogP contribution in [-0.4, -0.2) is 22.2 Å². The third-order valence-electron chi connectivity index (χ3n) is 2.35. The van der Waals surface area contributed by atoms with Crippen molar-refractivity contribution in [2.24, 2.45) is 0 Å². The minimum absolute atomic E-state index is 0.0436. The van der Waals surface area contributed by atoms with E-state index in [1.54, 1.807) is 31.4 Å². The molecule has 0 bridgehead atoms. The zero-order valence-corrected chi connectivity index (χ0v) is 10.5. The largest absolute Gasteiger partial charge is 0.439 e. The lowest BCUT2D eigenvalue weighted by molar-refractivity contribution is 0.177. The molecule has 2 rings (SSSR count). The van der Waals surface area contributed by atoms with E-state index < -0.39 is 0 Å². The predicted octanol–water partition coefficient (Wildman–Crippen LogP) is 1.49. The highest BCUT2D eigenvalue weighted by atomic mass is 16.5. The molecule has 19 heavy (non-hydrogen) atoms. The normalized spacial score (nSPS) is 10.4. The maximum atomic E-state index is 9.07. The van der Waals surface area contributed by atoms with Crippen LogP contribution in [0, 0.1) is 0 Å². The summed E-state index contributed by atoms with van der Waals surface area (Å²) in [5.41, 5.74) is 6.43. The first-order valence-electron chi connectivity index (χ1n) is 5.71. The Bertz CT molecular complexity index is 561. The lowest BCUT2D eigenvalue weighted by Crippen LogP contribution is -2.02. The van der Waals surface area contributed by atoms with Crippen LogP contribution in [0.4, 0.5) is 5.82 Å². The fraction of sp³-hybridized carbons (Fsp3) is 0.231. The van der Waals surface area contributed by atoms with E-state index >= 15 is 0 Å². The molecule has 0 aliphatic carbocycles. The third-order valence-corrected chi connectivity index (χ3v) is 2.35. The highest BCUT2D eigenvalue weighted by molar-refractivity contribution is 5.36. The van der Waals surface area contributed by atoms with Crippen molar-refractivity contribution in [1.82, 2.24) is 9.97 Å². The molecule has 1 aromatic heterocycles. The van der Waals surface area contributed by atoms with Crippen molar-refractivity contribution in [3.8, 4) is 11.6 Å². The summed E-state index contributed by atoms with van der Waals surface area (Å²) in [5.74, 6) is 1.69. The van der Waals surface area contributed by atoms with Gasteiger partial charge in [0.05, 0.1) is 6.61 Å². The molecule has 0 aliphatic rings. The van der Waals surface area contributed by atoms with Crippen LogP contribution in [0.2, 0.25) is 0 Å². The van der Waals surface area contributed by atoms with Crippen LogP contribution in [0.25, 0.3) is 0 Å². The van der Waals surface area contributed by atoms with Gasteiger partial charge in [0.25, 0.3) is 0 Å². The number of aromatic nitrogens is 2. The van der Waals surface area contributed by atoms with Crippen LogP contribution in [-0.2, 0) is 18.0 Å². The Balaban J connectivity index is 2.22. The molecular formula is C13H15N3O3. The SMILES string of the molecule is COCc1nc(N)cc(Oc2cccc(CO)c2)n1. The molecule has 0 saturated carbocycles. The van der Waals surface area contributed by atoms with Crippen molar-refractivity contribution in [3.63, 3.8) is 0 Å². The van der Waals surface area contributed by atoms with E-state index in [1.807, 2.05) is 0 Å². The number of methoxy groups -OCH3 is 1. The van der Waals surface area contributed by atoms with Gasteiger partial charge in [-0.2, -0.15) is 4.98 Å². The summed E-state index contributed by atoms with van der Waals surface area (Å²) in [5, 5.41) is 9.07. The van der Waals surface area contributed by atoms with E-state index in [-0.39, 0.29) is 13.2 Å². The molecule has 0 saturated heterocycles. The molecule has 1 heterocycles. The van der Waals surface area contributed by atoms with Gasteiger partial charge in [-0.25, -0.2) is 4.98 Å². The standard InChI is InChI=1S/C13H15N3O3/c1-18-8-12-15-11(14)6-13(16-12)19-10-4-2-3-9(5-10)7-17/h2-6,17H,7-8H2,1H3,(H2,14,15,16). The van der Waals surface area contributed by atoms with E-state index in [2.05, 4.69) is 9.97 Å². The van der Waals surface area contributed by atoms with Gasteiger partial charge in [-0.1, -0.05) is 12.1 Å². The topological polar surface area (TPSA) is 90.5 Å². The predicted molar refractivity (Wildman–Crippen MR) is 69.6 cm³/mol. The van der Waals surface area contributed by atoms with Gasteiger partial charge in [0.15, 0.2) is 5.82 Å². The maximum absolute atomic E-state index is 9.07. The number of nitrogens with two attached hydrogens (primary N) is 1. The monoisotopic (exact) mass is 261 g/mol. The van der Waals surface area contributed by atoms with Crippen molar-refractivity contribution < 1.29 is 14.6 Å². The zero-order valence-electron chi connectivity index (χ0n) is 10.5. The Morgan fingerprint density at radius 1 is 1.26 bits per heavy atom. The van der Waals surface area contributed by atoms with Gasteiger partial charge in [0.2, 0.25) is 5.88 Å². The van der Waals surface area contributed by atoms with Crippen LogP contribution >= 0.6 is 0 Å². The zero-order chi connectivity index (χ0) is 13.7. The van der Waals surface area contributed by atoms with Gasteiger partial charge in [0, 0.05) is 13.2 Å². The second-order valence-corrected chi connectivity index (χ2v) is 3.89. The number of ether oxygens (including phenoxy) is 2. The minimum atomic E-state index is -0.0436. The molecule has 0 spiro atoms. The summed E-state index contributed by atoms with van der Waals surface area (Å²) in [6, 6.07) is 8.63. The number of benzene rings is 1. The van der Waals surface area contributed by atoms with Crippen LogP contribution in [0.5, 0.6) is 11.6 Å². The van der Waals surface area contributed by atoms with Crippen molar-refractivity contribution in [3.05, 3.63) is 41.7 Å². The molecule has 2 aromatic rings. The summed E-state index contributed by atoms with van der Waals surface area (Å²) in [6.45, 7) is 0.218. The van der Waals surface area contributed by atoms with E-state index in [0.717, 1.165) is 5.56 Å². The summed E-state index contributed by atoms with van der Waals surface area (Å²) in [6.07, 6.45) is 0. The van der Waals surface area contributed by atoms with Crippen molar-refractivity contribution in [2.45, 2.75) is 13.2 Å². The van der Waals surface area contributed by atoms with Gasteiger partial charge in [-0.3, -0.25) is 0 Å². The number of aliphatic hydroxyl groups is 1. The van der Waals surface area contributed by atoms with Gasteiger partial charge in [0.1, 0.15) is 18.2 Å². The Labute approximate surface area is 110 Å². The Morgan fingerprint density at radius 2 is 2.11 bits per heavy atom. The van der Waals surface area contributed by atoms with Gasteiger partial charge in [-0.05, 0) is 17.7 Å². The number of aliphatic hydroxyl groups excluding tert-OH is 1. The lowest BCUT2D eigenvalue weighted by atomic mass is 10.2. The number of hydrogen-bond donors (Lipinski definition) is 2. The highest BCUT2D eigenvalue weighted by Crippen LogP contribution is 2.22. The van der Waals surface area contributed by atoms with Crippen LogP contribution in [0.15, 0.2) is 30.3 Å². The molecule has 3 N–H and O–H groups in total. The number of hydrogen-bond acceptors (Lipinski definition) is 6. The maximum Gasteiger partial charge on any atom is 0.224 e. The first kappa shape index (κ1) is 13.3. The highest BCUT2D eigenvalue weighted by Gasteiger charge is 2.05. The Morgan fingerprint density at radius 3 is 2.84 bits per heavy atom. The molecule has 100 valence electrons. The molecule has 1 aromatic carbocycles. The summed E-state index contributed by atoms with van der Waals surface area (Å²) in [4.78, 5) is 8.19. The second kappa shape index (κ2) is 6.12. The molecule has 0 unspecified atom stereocenters. The first-order chi connectivity index (χ1) is 9.21. The first-order valence-corrected chi connectivity index (χ1v) is 5.71. The van der Waals surface area contributed by atoms with E-state index in [4.69, 9.17) is 20.3 Å². The molecule has 0 radical (unpaired) electrons. The number of nitrogens with zero attached hydrogens (tertiary/aromatic N) is 2. The molecule has 0 atom stereocenters. The summed E-state index contributed by atoms with van der Waals surface area (Å²) in [7, 11) is 1.55. The molecular weight excluding hydrogens is 246 g/mol. The van der Waals surface area contributed by atoms with E-state index in [9.17, 15) is 0 Å². The minimum Gasteiger partial charge on any atom is -0.439 e. The number of anilines is 1. The second-order valence-electron chi connectivity index (χ2n) is 3.89. The van der Waals surface area contributed by atoms with Crippen LogP contribution < -0.4 is 10.5 Å². The fourth-order valence-corrected chi connectivity index (χ4v) is 1.57. The van der Waals surface area contributed by atoms with Crippen molar-refractivity contribution in [2.75, 3.05) is 12.8 Å². The third kappa shape index (κ3) is 3.64. The smallest absolute Gasteiger partial charge is 0.224 e. The number of nitrogen functional groups attached to an aromatic ring is 1. The molecule has 6 nitrogen and oxygen atoms in total. The van der Waals surface area contributed by atoms with Crippen LogP contribution in [0.1, 0.15) is 11.4 Å². The lowest BCUT2D eigenvalue weighted by Gasteiger charge is -2.08. The van der Waals surface area contributed by atoms with Gasteiger partial charge < -0.3 is 20.3 Å². The fourth-order valence-electron chi connectivity index (χ4n) is 1.57. The average molecular weight is 261 g/mol. The molecule has 6 heteroatoms. The van der Waals surface area contributed by atoms with Gasteiger partial charge >= 0.3 is 0 Å². The number of rotatable bonds is 5. The van der Waals surface area contributed by atoms with E-state index in [0.29, 0.717) is 23.3 Å².